The quantitative estimate of drug-likeness (QED) is 0.157. The molecule has 0 bridgehead atoms. The maximum atomic E-state index is 5.70. The van der Waals surface area contributed by atoms with Gasteiger partial charge in [-0.05, 0) is 73.9 Å². The number of anilines is 2. The van der Waals surface area contributed by atoms with Gasteiger partial charge in [0.2, 0.25) is 0 Å². The van der Waals surface area contributed by atoms with Gasteiger partial charge in [0.05, 0.1) is 11.6 Å². The molecule has 5 heteroatoms. The number of amidine groups is 2. The monoisotopic (exact) mass is 875 g/mol. The van der Waals surface area contributed by atoms with Gasteiger partial charge in [-0.15, -0.1) is 0 Å². The number of hydrogen-bond acceptors (Lipinski definition) is 5. The first-order valence-electron chi connectivity index (χ1n) is 23.6. The Morgan fingerprint density at radius 1 is 0.559 bits per heavy atom. The molecule has 0 amide bonds. The van der Waals surface area contributed by atoms with Gasteiger partial charge < -0.3 is 10.2 Å². The molecule has 5 unspecified atom stereocenters. The average molecular weight is 876 g/mol. The summed E-state index contributed by atoms with van der Waals surface area (Å²) in [6.07, 6.45) is 15.7. The summed E-state index contributed by atoms with van der Waals surface area (Å²) in [5.74, 6) is 2.29. The molecule has 8 aromatic rings. The molecule has 12 rings (SSSR count). The van der Waals surface area contributed by atoms with Crippen LogP contribution in [0.25, 0.3) is 22.3 Å². The summed E-state index contributed by atoms with van der Waals surface area (Å²) in [5.41, 5.74) is 14.5. The molecule has 0 fully saturated rings. The van der Waals surface area contributed by atoms with Gasteiger partial charge in [0.25, 0.3) is 0 Å². The second-order valence-corrected chi connectivity index (χ2v) is 18.2. The number of nitrogens with one attached hydrogen (secondary N) is 1. The van der Waals surface area contributed by atoms with Crippen molar-refractivity contribution in [1.82, 2.24) is 10.3 Å². The maximum absolute atomic E-state index is 5.70. The van der Waals surface area contributed by atoms with Crippen molar-refractivity contribution >= 4 is 34.3 Å². The summed E-state index contributed by atoms with van der Waals surface area (Å²) in [5, 5.41) is 3.81. The predicted molar refractivity (Wildman–Crippen MR) is 280 cm³/mol. The topological polar surface area (TPSA) is 52.9 Å². The Bertz CT molecular complexity index is 3320. The van der Waals surface area contributed by atoms with Crippen LogP contribution < -0.4 is 10.2 Å². The van der Waals surface area contributed by atoms with Gasteiger partial charge in [-0.2, -0.15) is 0 Å². The minimum atomic E-state index is -0.482. The molecule has 5 nitrogen and oxygen atoms in total. The van der Waals surface area contributed by atoms with E-state index >= 15 is 0 Å². The second-order valence-electron chi connectivity index (χ2n) is 18.2. The van der Waals surface area contributed by atoms with E-state index in [4.69, 9.17) is 15.0 Å². The first kappa shape index (κ1) is 41.1. The predicted octanol–water partition coefficient (Wildman–Crippen LogP) is 14.2. The number of aromatic nitrogens is 1. The molecule has 5 atom stereocenters. The van der Waals surface area contributed by atoms with Crippen LogP contribution in [0.4, 0.5) is 11.5 Å². The third kappa shape index (κ3) is 7.43. The van der Waals surface area contributed by atoms with E-state index in [2.05, 4.69) is 254 Å². The molecule has 0 radical (unpaired) electrons. The number of hydrogen-bond donors (Lipinski definition) is 1. The number of allylic oxidation sites excluding steroid dienone is 6. The summed E-state index contributed by atoms with van der Waals surface area (Å²) in [7, 11) is 0. The van der Waals surface area contributed by atoms with Gasteiger partial charge in [0, 0.05) is 34.7 Å². The first-order valence-corrected chi connectivity index (χ1v) is 23.6. The molecular formula is C63H49N5. The fraction of sp³-hybridized carbons (Fsp3) is 0.0952. The number of aliphatic imine (C=N–C) groups is 2. The normalized spacial score (nSPS) is 21.4. The van der Waals surface area contributed by atoms with Crippen LogP contribution in [0.3, 0.4) is 0 Å². The van der Waals surface area contributed by atoms with Gasteiger partial charge >= 0.3 is 0 Å². The van der Waals surface area contributed by atoms with Crippen molar-refractivity contribution in [3.63, 3.8) is 0 Å². The van der Waals surface area contributed by atoms with Crippen molar-refractivity contribution in [3.05, 3.63) is 293 Å². The summed E-state index contributed by atoms with van der Waals surface area (Å²) in [6.45, 7) is 2.37. The van der Waals surface area contributed by atoms with Crippen LogP contribution in [-0.2, 0) is 5.41 Å². The lowest BCUT2D eigenvalue weighted by Crippen LogP contribution is -2.38. The highest BCUT2D eigenvalue weighted by Crippen LogP contribution is 2.53. The molecule has 326 valence electrons. The van der Waals surface area contributed by atoms with Gasteiger partial charge in [0.15, 0.2) is 6.17 Å². The van der Waals surface area contributed by atoms with E-state index in [-0.39, 0.29) is 17.9 Å². The molecule has 0 saturated carbocycles. The van der Waals surface area contributed by atoms with Gasteiger partial charge in [-0.1, -0.05) is 231 Å². The van der Waals surface area contributed by atoms with Crippen molar-refractivity contribution in [2.75, 3.05) is 4.90 Å². The molecular weight excluding hydrogens is 827 g/mol. The van der Waals surface area contributed by atoms with E-state index < -0.39 is 11.6 Å². The SMILES string of the molecule is CC1(c2ccccc2)C=CC=C(c2ccccc2)C1c1cnc(N2c3ccc(-c4ccccc4)cc3C3C=C(c4ccccc4)C=CC32)c(C2=NC(c3ccccc3)N=C(c3ccccc3)N2)c1. The minimum absolute atomic E-state index is 0.0519. The lowest BCUT2D eigenvalue weighted by Gasteiger charge is -2.40. The van der Waals surface area contributed by atoms with Crippen molar-refractivity contribution in [1.29, 1.82) is 0 Å². The number of nitrogens with zero attached hydrogens (tertiary/aromatic N) is 4. The van der Waals surface area contributed by atoms with E-state index in [1.807, 2.05) is 12.1 Å². The summed E-state index contributed by atoms with van der Waals surface area (Å²) >= 11 is 0. The average Bonchev–Trinajstić information content (AvgIpc) is 3.74. The summed E-state index contributed by atoms with van der Waals surface area (Å²) < 4.78 is 0. The fourth-order valence-electron chi connectivity index (χ4n) is 10.7. The van der Waals surface area contributed by atoms with Crippen molar-refractivity contribution in [2.24, 2.45) is 9.98 Å². The van der Waals surface area contributed by atoms with Crippen LogP contribution >= 0.6 is 0 Å². The molecule has 68 heavy (non-hydrogen) atoms. The first-order chi connectivity index (χ1) is 33.6. The Morgan fingerprint density at radius 3 is 1.85 bits per heavy atom. The standard InChI is InChI=1S/C63H49N5/c1-63(51-31-18-7-19-32-51)38-20-33-52(45-25-12-4-13-26-45)58(63)50-41-55(61-66-59(46-27-14-5-15-28-46)65-60(67-61)47-29-16-6-17-30-47)62(64-42-50)68-56-36-34-48(43-21-8-2-9-22-43)39-53(56)54-40-49(35-37-57(54)68)44-23-10-3-11-24-44/h2-42,53,56,58-59H,1H3,(H,65,66,67). The molecule has 7 aromatic carbocycles. The smallest absolute Gasteiger partial charge is 0.169 e. The summed E-state index contributed by atoms with van der Waals surface area (Å²) in [4.78, 5) is 19.0. The maximum Gasteiger partial charge on any atom is 0.169 e. The highest BCUT2D eigenvalue weighted by molar-refractivity contribution is 6.18. The molecule has 2 aliphatic heterocycles. The van der Waals surface area contributed by atoms with Gasteiger partial charge in [-0.3, -0.25) is 0 Å². The number of fused-ring (bicyclic) bond motifs is 3. The van der Waals surface area contributed by atoms with Crippen LogP contribution in [0.2, 0.25) is 0 Å². The second kappa shape index (κ2) is 17.4. The van der Waals surface area contributed by atoms with Crippen LogP contribution in [0, 0.1) is 0 Å². The van der Waals surface area contributed by atoms with Gasteiger partial charge in [-0.25, -0.2) is 15.0 Å². The largest absolute Gasteiger partial charge is 0.324 e. The van der Waals surface area contributed by atoms with E-state index in [1.54, 1.807) is 0 Å². The minimum Gasteiger partial charge on any atom is -0.324 e. The third-order valence-corrected chi connectivity index (χ3v) is 14.1. The highest BCUT2D eigenvalue weighted by atomic mass is 15.3. The molecule has 1 N–H and O–H groups in total. The highest BCUT2D eigenvalue weighted by Gasteiger charge is 2.43. The Morgan fingerprint density at radius 2 is 1.16 bits per heavy atom. The van der Waals surface area contributed by atoms with Crippen LogP contribution in [0.1, 0.15) is 69.4 Å². The number of rotatable bonds is 9. The van der Waals surface area contributed by atoms with Crippen molar-refractivity contribution < 1.29 is 0 Å². The number of pyridine rings is 1. The van der Waals surface area contributed by atoms with E-state index in [0.29, 0.717) is 0 Å². The van der Waals surface area contributed by atoms with Crippen molar-refractivity contribution in [2.45, 2.75) is 36.4 Å². The van der Waals surface area contributed by atoms with Gasteiger partial charge in [0.1, 0.15) is 17.5 Å². The Labute approximate surface area is 398 Å². The molecule has 3 heterocycles. The Balaban J connectivity index is 1.09. The zero-order valence-corrected chi connectivity index (χ0v) is 37.8. The third-order valence-electron chi connectivity index (χ3n) is 14.1. The lowest BCUT2D eigenvalue weighted by atomic mass is 9.63. The van der Waals surface area contributed by atoms with Crippen LogP contribution in [0.15, 0.2) is 259 Å². The Hall–Kier alpha value is -8.41. The van der Waals surface area contributed by atoms with Crippen LogP contribution in [-0.4, -0.2) is 22.7 Å². The zero-order valence-electron chi connectivity index (χ0n) is 37.8. The fourth-order valence-corrected chi connectivity index (χ4v) is 10.7. The molecule has 0 saturated heterocycles. The van der Waals surface area contributed by atoms with E-state index in [0.717, 1.165) is 45.4 Å². The molecule has 4 aliphatic rings. The molecule has 2 aliphatic carbocycles. The van der Waals surface area contributed by atoms with E-state index in [9.17, 15) is 0 Å². The van der Waals surface area contributed by atoms with E-state index in [1.165, 1.54) is 44.5 Å². The zero-order chi connectivity index (χ0) is 45.4. The molecule has 1 aromatic heterocycles. The van der Waals surface area contributed by atoms with Crippen LogP contribution in [0.5, 0.6) is 0 Å². The lowest BCUT2D eigenvalue weighted by molar-refractivity contribution is 0.534. The van der Waals surface area contributed by atoms with Crippen molar-refractivity contribution in [3.8, 4) is 11.1 Å². The molecule has 0 spiro atoms. The Kier molecular flexibility index (Phi) is 10.5. The summed E-state index contributed by atoms with van der Waals surface area (Å²) in [6, 6.07) is 73.2. The number of benzene rings is 7.